The highest BCUT2D eigenvalue weighted by molar-refractivity contribution is 5.84. The van der Waals surface area contributed by atoms with Crippen LogP contribution in [0.25, 0.3) is 27.8 Å². The highest BCUT2D eigenvalue weighted by atomic mass is 16.1. The Hall–Kier alpha value is -2.99. The van der Waals surface area contributed by atoms with Gasteiger partial charge in [0.2, 0.25) is 0 Å². The molecule has 29 heavy (non-hydrogen) atoms. The Morgan fingerprint density at radius 2 is 1.90 bits per heavy atom. The number of pyridine rings is 1. The fraction of sp³-hybridized carbons (Fsp3) is 0.348. The van der Waals surface area contributed by atoms with Crippen molar-refractivity contribution < 1.29 is 0 Å². The van der Waals surface area contributed by atoms with Crippen LogP contribution in [0.5, 0.6) is 0 Å². The normalized spacial score (nSPS) is 15.4. The lowest BCUT2D eigenvalue weighted by Gasteiger charge is -2.23. The molecule has 0 bridgehead atoms. The first-order chi connectivity index (χ1) is 14.0. The fourth-order valence-electron chi connectivity index (χ4n) is 4.48. The van der Waals surface area contributed by atoms with Crippen molar-refractivity contribution in [3.05, 3.63) is 63.7 Å². The van der Waals surface area contributed by atoms with Gasteiger partial charge in [-0.3, -0.25) is 4.79 Å². The van der Waals surface area contributed by atoms with Crippen LogP contribution in [0.2, 0.25) is 0 Å². The molecule has 1 aliphatic heterocycles. The van der Waals surface area contributed by atoms with Gasteiger partial charge in [0.15, 0.2) is 11.1 Å². The number of hydrogen-bond donors (Lipinski definition) is 1. The van der Waals surface area contributed by atoms with Crippen molar-refractivity contribution in [3.8, 4) is 11.3 Å². The van der Waals surface area contributed by atoms with Crippen LogP contribution in [-0.4, -0.2) is 32.3 Å². The lowest BCUT2D eigenvalue weighted by atomic mass is 9.90. The maximum Gasteiger partial charge on any atom is 0.192 e. The summed E-state index contributed by atoms with van der Waals surface area (Å²) in [7, 11) is 2.03. The number of piperidine rings is 1. The second-order valence-electron chi connectivity index (χ2n) is 8.14. The van der Waals surface area contributed by atoms with Crippen molar-refractivity contribution in [1.82, 2.24) is 24.5 Å². The van der Waals surface area contributed by atoms with Crippen LogP contribution in [0.3, 0.4) is 0 Å². The zero-order valence-corrected chi connectivity index (χ0v) is 17.1. The van der Waals surface area contributed by atoms with E-state index < -0.39 is 0 Å². The number of aryl methyl sites for hydroxylation is 3. The van der Waals surface area contributed by atoms with E-state index in [0.717, 1.165) is 70.6 Å². The first-order valence-electron chi connectivity index (χ1n) is 10.2. The number of rotatable bonds is 2. The van der Waals surface area contributed by atoms with E-state index >= 15 is 0 Å². The number of nitrogens with zero attached hydrogens (tertiary/aromatic N) is 4. The van der Waals surface area contributed by atoms with E-state index in [1.807, 2.05) is 43.0 Å². The van der Waals surface area contributed by atoms with Crippen molar-refractivity contribution in [3.63, 3.8) is 0 Å². The van der Waals surface area contributed by atoms with Gasteiger partial charge in [-0.2, -0.15) is 5.10 Å². The van der Waals surface area contributed by atoms with E-state index in [1.54, 1.807) is 0 Å². The van der Waals surface area contributed by atoms with Gasteiger partial charge in [-0.05, 0) is 69.5 Å². The molecule has 1 saturated heterocycles. The Bertz CT molecular complexity index is 1290. The minimum atomic E-state index is 0.168. The molecule has 1 fully saturated rings. The largest absolute Gasteiger partial charge is 0.350 e. The highest BCUT2D eigenvalue weighted by Crippen LogP contribution is 2.27. The summed E-state index contributed by atoms with van der Waals surface area (Å²) in [6.45, 7) is 5.98. The minimum absolute atomic E-state index is 0.168. The first kappa shape index (κ1) is 18.1. The van der Waals surface area contributed by atoms with Gasteiger partial charge in [-0.25, -0.2) is 9.50 Å². The van der Waals surface area contributed by atoms with Gasteiger partial charge in [-0.15, -0.1) is 0 Å². The molecule has 0 atom stereocenters. The van der Waals surface area contributed by atoms with Gasteiger partial charge in [0.25, 0.3) is 0 Å². The molecule has 1 N–H and O–H groups in total. The molecule has 1 aliphatic rings. The summed E-state index contributed by atoms with van der Waals surface area (Å²) in [5.74, 6) is 0.343. The topological polar surface area (TPSA) is 64.2 Å². The van der Waals surface area contributed by atoms with E-state index in [1.165, 1.54) is 0 Å². The van der Waals surface area contributed by atoms with E-state index in [0.29, 0.717) is 5.92 Å². The van der Waals surface area contributed by atoms with Crippen molar-refractivity contribution in [2.45, 2.75) is 32.6 Å². The lowest BCUT2D eigenvalue weighted by Crippen LogP contribution is -2.29. The van der Waals surface area contributed by atoms with Crippen molar-refractivity contribution in [2.24, 2.45) is 7.05 Å². The van der Waals surface area contributed by atoms with Crippen LogP contribution in [-0.2, 0) is 7.05 Å². The summed E-state index contributed by atoms with van der Waals surface area (Å²) >= 11 is 0. The molecule has 6 nitrogen and oxygen atoms in total. The van der Waals surface area contributed by atoms with Crippen LogP contribution in [0.1, 0.15) is 35.6 Å². The quantitative estimate of drug-likeness (QED) is 0.573. The van der Waals surface area contributed by atoms with Gasteiger partial charge >= 0.3 is 0 Å². The molecule has 5 rings (SSSR count). The summed E-state index contributed by atoms with van der Waals surface area (Å²) < 4.78 is 3.92. The average molecular weight is 387 g/mol. The molecule has 4 aromatic rings. The third-order valence-corrected chi connectivity index (χ3v) is 6.02. The van der Waals surface area contributed by atoms with Gasteiger partial charge in [0, 0.05) is 29.8 Å². The molecule has 148 valence electrons. The summed E-state index contributed by atoms with van der Waals surface area (Å²) in [4.78, 5) is 17.7. The first-order valence-corrected chi connectivity index (χ1v) is 10.2. The van der Waals surface area contributed by atoms with Crippen LogP contribution >= 0.6 is 0 Å². The second kappa shape index (κ2) is 6.81. The second-order valence-corrected chi connectivity index (χ2v) is 8.14. The third-order valence-electron chi connectivity index (χ3n) is 6.02. The zero-order valence-electron chi connectivity index (χ0n) is 17.1. The lowest BCUT2D eigenvalue weighted by molar-refractivity contribution is 0.457. The summed E-state index contributed by atoms with van der Waals surface area (Å²) in [5, 5.41) is 8.90. The highest BCUT2D eigenvalue weighted by Gasteiger charge is 2.20. The predicted octanol–water partition coefficient (Wildman–Crippen LogP) is 3.33. The van der Waals surface area contributed by atoms with E-state index in [2.05, 4.69) is 33.9 Å². The number of imidazole rings is 1. The molecule has 0 amide bonds. The Kier molecular flexibility index (Phi) is 4.24. The number of nitrogens with one attached hydrogen (secondary N) is 1. The monoisotopic (exact) mass is 387 g/mol. The maximum atomic E-state index is 13.2. The number of aromatic nitrogens is 4. The summed E-state index contributed by atoms with van der Waals surface area (Å²) in [5.41, 5.74) is 6.84. The number of hydrogen-bond acceptors (Lipinski definition) is 4. The number of benzene rings is 1. The van der Waals surface area contributed by atoms with Crippen molar-refractivity contribution in [1.29, 1.82) is 0 Å². The SMILES string of the molecule is Cc1cn2nc(-c3ccc4c(=O)c(C5CCNCC5)cn(C)c4c3)cc(C)c2n1. The number of fused-ring (bicyclic) bond motifs is 2. The predicted molar refractivity (Wildman–Crippen MR) is 115 cm³/mol. The molecular formula is C23H25N5O. The van der Waals surface area contributed by atoms with Gasteiger partial charge in [0.1, 0.15) is 0 Å². The fourth-order valence-corrected chi connectivity index (χ4v) is 4.48. The van der Waals surface area contributed by atoms with Gasteiger partial charge in [-0.1, -0.05) is 6.07 Å². The maximum absolute atomic E-state index is 13.2. The molecule has 0 radical (unpaired) electrons. The summed E-state index contributed by atoms with van der Waals surface area (Å²) in [6, 6.07) is 8.09. The molecular weight excluding hydrogens is 362 g/mol. The molecule has 0 unspecified atom stereocenters. The van der Waals surface area contributed by atoms with Gasteiger partial charge in [0.05, 0.1) is 23.1 Å². The molecule has 3 aromatic heterocycles. The molecule has 4 heterocycles. The Balaban J connectivity index is 1.64. The molecule has 0 spiro atoms. The Morgan fingerprint density at radius 3 is 2.69 bits per heavy atom. The smallest absolute Gasteiger partial charge is 0.192 e. The standard InChI is InChI=1S/C23H25N5O/c1-14-10-20(26-28-12-15(2)25-23(14)28)17-4-5-18-21(11-17)27(3)13-19(22(18)29)16-6-8-24-9-7-16/h4-5,10-13,16,24H,6-9H2,1-3H3. The van der Waals surface area contributed by atoms with E-state index in [4.69, 9.17) is 5.10 Å². The molecule has 0 saturated carbocycles. The zero-order chi connectivity index (χ0) is 20.1. The van der Waals surface area contributed by atoms with Crippen LogP contribution in [0, 0.1) is 13.8 Å². The Labute approximate surface area is 169 Å². The van der Waals surface area contributed by atoms with Gasteiger partial charge < -0.3 is 9.88 Å². The molecule has 6 heteroatoms. The minimum Gasteiger partial charge on any atom is -0.350 e. The van der Waals surface area contributed by atoms with E-state index in [9.17, 15) is 4.79 Å². The van der Waals surface area contributed by atoms with E-state index in [-0.39, 0.29) is 5.43 Å². The van der Waals surface area contributed by atoms with Crippen LogP contribution in [0.15, 0.2) is 41.5 Å². The van der Waals surface area contributed by atoms with Crippen LogP contribution < -0.4 is 10.7 Å². The van der Waals surface area contributed by atoms with Crippen molar-refractivity contribution >= 4 is 16.6 Å². The average Bonchev–Trinajstić information content (AvgIpc) is 3.12. The Morgan fingerprint density at radius 1 is 1.10 bits per heavy atom. The van der Waals surface area contributed by atoms with Crippen LogP contribution in [0.4, 0.5) is 0 Å². The third kappa shape index (κ3) is 3.04. The molecule has 1 aromatic carbocycles. The van der Waals surface area contributed by atoms with Crippen molar-refractivity contribution in [2.75, 3.05) is 13.1 Å². The summed E-state index contributed by atoms with van der Waals surface area (Å²) in [6.07, 6.45) is 6.01. The molecule has 0 aliphatic carbocycles.